The van der Waals surface area contributed by atoms with Crippen molar-refractivity contribution in [2.45, 2.75) is 103 Å². The van der Waals surface area contributed by atoms with Gasteiger partial charge in [0.05, 0.1) is 12.2 Å². The third kappa shape index (κ3) is 7.69. The van der Waals surface area contributed by atoms with Crippen molar-refractivity contribution >= 4 is 0 Å². The second kappa shape index (κ2) is 14.1. The number of nitrogens with zero attached hydrogens (tertiary/aromatic N) is 1. The minimum Gasteiger partial charge on any atom is -0.492 e. The normalized spacial score (nSPS) is 34.9. The first-order valence-electron chi connectivity index (χ1n) is 14.9. The Balaban J connectivity index is 0.00000148. The first kappa shape index (κ1) is 27.9. The van der Waals surface area contributed by atoms with Gasteiger partial charge in [-0.25, -0.2) is 9.78 Å². The van der Waals surface area contributed by atoms with E-state index in [4.69, 9.17) is 19.6 Å². The van der Waals surface area contributed by atoms with Gasteiger partial charge >= 0.3 is 0 Å². The summed E-state index contributed by atoms with van der Waals surface area (Å²) in [7, 11) is 1.00. The van der Waals surface area contributed by atoms with E-state index in [0.29, 0.717) is 23.9 Å². The van der Waals surface area contributed by atoms with Gasteiger partial charge in [-0.05, 0) is 118 Å². The summed E-state index contributed by atoms with van der Waals surface area (Å²) < 4.78 is 6.04. The molecule has 1 aromatic carbocycles. The highest BCUT2D eigenvalue weighted by molar-refractivity contribution is 5.29. The zero-order valence-electron chi connectivity index (χ0n) is 23.1. The van der Waals surface area contributed by atoms with Crippen molar-refractivity contribution < 1.29 is 19.6 Å². The van der Waals surface area contributed by atoms with E-state index in [1.165, 1.54) is 76.4 Å². The van der Waals surface area contributed by atoms with Crippen molar-refractivity contribution in [3.8, 4) is 5.75 Å². The predicted molar refractivity (Wildman–Crippen MR) is 145 cm³/mol. The summed E-state index contributed by atoms with van der Waals surface area (Å²) in [5.41, 5.74) is 1.42. The minimum atomic E-state index is 0.227. The molecule has 4 fully saturated rings. The van der Waals surface area contributed by atoms with E-state index in [2.05, 4.69) is 43.0 Å². The van der Waals surface area contributed by atoms with Crippen LogP contribution >= 0.6 is 0 Å². The van der Waals surface area contributed by atoms with Crippen LogP contribution < -0.4 is 4.74 Å². The van der Waals surface area contributed by atoms with Crippen molar-refractivity contribution in [1.29, 1.82) is 0 Å². The summed E-state index contributed by atoms with van der Waals surface area (Å²) in [6, 6.07) is 8.88. The Kier molecular flexibility index (Phi) is 10.9. The third-order valence-corrected chi connectivity index (χ3v) is 9.21. The second-order valence-electron chi connectivity index (χ2n) is 12.1. The van der Waals surface area contributed by atoms with Gasteiger partial charge in [0.2, 0.25) is 0 Å². The Morgan fingerprint density at radius 1 is 0.833 bits per heavy atom. The van der Waals surface area contributed by atoms with Gasteiger partial charge in [-0.3, -0.25) is 4.90 Å². The minimum absolute atomic E-state index is 0.227. The number of ether oxygens (including phenoxy) is 1. The fourth-order valence-electron chi connectivity index (χ4n) is 7.55. The van der Waals surface area contributed by atoms with Crippen molar-refractivity contribution in [3.63, 3.8) is 0 Å². The molecule has 3 saturated carbocycles. The highest BCUT2D eigenvalue weighted by Gasteiger charge is 2.41. The van der Waals surface area contributed by atoms with E-state index in [9.17, 15) is 0 Å². The summed E-state index contributed by atoms with van der Waals surface area (Å²) in [6.07, 6.45) is 14.6. The van der Waals surface area contributed by atoms with Crippen molar-refractivity contribution in [3.05, 3.63) is 29.8 Å². The van der Waals surface area contributed by atoms with E-state index >= 15 is 0 Å². The lowest BCUT2D eigenvalue weighted by Gasteiger charge is -2.45. The maximum Gasteiger partial charge on any atom is 0.119 e. The molecule has 5 rings (SSSR count). The number of fused-ring (bicyclic) bond motifs is 2. The second-order valence-corrected chi connectivity index (χ2v) is 12.1. The molecule has 5 heteroatoms. The lowest BCUT2D eigenvalue weighted by molar-refractivity contribution is -0.377. The van der Waals surface area contributed by atoms with Crippen LogP contribution in [-0.2, 0) is 9.78 Å². The number of hydrogen-bond acceptors (Lipinski definition) is 5. The van der Waals surface area contributed by atoms with Crippen LogP contribution in [0.2, 0.25) is 0 Å². The largest absolute Gasteiger partial charge is 0.492 e. The number of rotatable bonds is 8. The Morgan fingerprint density at radius 2 is 1.61 bits per heavy atom. The Bertz CT molecular complexity index is 745. The van der Waals surface area contributed by atoms with Gasteiger partial charge in [0.15, 0.2) is 0 Å². The van der Waals surface area contributed by atoms with Crippen LogP contribution in [0.1, 0.15) is 96.0 Å². The fraction of sp³-hybridized carbons (Fsp3) is 0.806. The maximum absolute atomic E-state index is 7.00. The molecule has 4 aliphatic rings. The average Bonchev–Trinajstić information content (AvgIpc) is 2.90. The summed E-state index contributed by atoms with van der Waals surface area (Å²) in [5, 5.41) is 7.00. The molecule has 2 bridgehead atoms. The monoisotopic (exact) mass is 501 g/mol. The molecule has 1 aromatic rings. The van der Waals surface area contributed by atoms with Gasteiger partial charge in [-0.2, -0.15) is 0 Å². The van der Waals surface area contributed by atoms with Gasteiger partial charge in [-0.15, -0.1) is 0 Å². The molecule has 1 N–H and O–H groups in total. The van der Waals surface area contributed by atoms with Crippen LogP contribution in [0.5, 0.6) is 5.75 Å². The molecule has 204 valence electrons. The van der Waals surface area contributed by atoms with Crippen molar-refractivity contribution in [2.24, 2.45) is 23.7 Å². The molecule has 0 aromatic heterocycles. The van der Waals surface area contributed by atoms with Gasteiger partial charge in [0, 0.05) is 13.7 Å². The molecule has 1 aliphatic heterocycles. The smallest absolute Gasteiger partial charge is 0.119 e. The number of aliphatic hydroxyl groups is 1. The fourth-order valence-corrected chi connectivity index (χ4v) is 7.55. The van der Waals surface area contributed by atoms with Crippen molar-refractivity contribution in [2.75, 3.05) is 33.4 Å². The van der Waals surface area contributed by atoms with Gasteiger partial charge in [-0.1, -0.05) is 38.8 Å². The molecule has 1 heterocycles. The lowest BCUT2D eigenvalue weighted by Crippen LogP contribution is -2.42. The van der Waals surface area contributed by atoms with Crippen LogP contribution in [0.15, 0.2) is 24.3 Å². The number of hydrogen-bond donors (Lipinski definition) is 1. The van der Waals surface area contributed by atoms with E-state index in [-0.39, 0.29) is 6.10 Å². The standard InChI is InChI=1S/C30H47NO3.CH4O/c1-22-17-24-19-23(2)30(27(18-22)20-24)34-33-29-8-6-7-26(21-29)25-9-11-28(12-10-25)32-16-15-31-13-4-3-5-14-31;1-2/h9-12,22-24,26-27,29-30H,3-8,13-21H2,1-2H3;2H,1H3. The summed E-state index contributed by atoms with van der Waals surface area (Å²) >= 11 is 0. The first-order chi connectivity index (χ1) is 17.6. The number of piperidine rings is 1. The van der Waals surface area contributed by atoms with Gasteiger partial charge in [0.25, 0.3) is 0 Å². The molecular weight excluding hydrogens is 450 g/mol. The highest BCUT2D eigenvalue weighted by atomic mass is 17.2. The summed E-state index contributed by atoms with van der Waals surface area (Å²) in [6.45, 7) is 9.10. The molecule has 7 unspecified atom stereocenters. The number of aliphatic hydroxyl groups excluding tert-OH is 1. The maximum atomic E-state index is 7.00. The van der Waals surface area contributed by atoms with E-state index < -0.39 is 0 Å². The molecule has 0 radical (unpaired) electrons. The van der Waals surface area contributed by atoms with E-state index in [1.807, 2.05) is 0 Å². The zero-order chi connectivity index (χ0) is 25.3. The molecule has 0 spiro atoms. The molecule has 7 atom stereocenters. The highest BCUT2D eigenvalue weighted by Crippen LogP contribution is 2.46. The Hall–Kier alpha value is -1.14. The zero-order valence-corrected chi connectivity index (χ0v) is 23.1. The van der Waals surface area contributed by atoms with Crippen LogP contribution in [-0.4, -0.2) is 55.6 Å². The third-order valence-electron chi connectivity index (χ3n) is 9.21. The molecule has 0 amide bonds. The quantitative estimate of drug-likeness (QED) is 0.321. The van der Waals surface area contributed by atoms with E-state index in [0.717, 1.165) is 50.7 Å². The molecule has 5 nitrogen and oxygen atoms in total. The molecule has 1 saturated heterocycles. The van der Waals surface area contributed by atoms with Crippen LogP contribution in [0.3, 0.4) is 0 Å². The summed E-state index contributed by atoms with van der Waals surface area (Å²) in [5.74, 6) is 4.64. The Morgan fingerprint density at radius 3 is 2.39 bits per heavy atom. The van der Waals surface area contributed by atoms with Crippen LogP contribution in [0, 0.1) is 23.7 Å². The van der Waals surface area contributed by atoms with Gasteiger partial charge in [0.1, 0.15) is 12.4 Å². The molecule has 3 aliphatic carbocycles. The topological polar surface area (TPSA) is 51.2 Å². The summed E-state index contributed by atoms with van der Waals surface area (Å²) in [4.78, 5) is 14.9. The molecular formula is C31H51NO4. The SMILES string of the molecule is CC1CC2CC(C)C(OOC3CCCC(c4ccc(OCCN5CCCCC5)cc4)C3)C(C1)C2.CO. The predicted octanol–water partition coefficient (Wildman–Crippen LogP) is 6.60. The molecule has 36 heavy (non-hydrogen) atoms. The van der Waals surface area contributed by atoms with Crippen LogP contribution in [0.4, 0.5) is 0 Å². The Labute approximate surface area is 219 Å². The lowest BCUT2D eigenvalue weighted by atomic mass is 9.64. The first-order valence-corrected chi connectivity index (χ1v) is 14.9. The van der Waals surface area contributed by atoms with Crippen LogP contribution in [0.25, 0.3) is 0 Å². The number of benzene rings is 1. The van der Waals surface area contributed by atoms with Gasteiger partial charge < -0.3 is 9.84 Å². The average molecular weight is 502 g/mol. The van der Waals surface area contributed by atoms with E-state index in [1.54, 1.807) is 0 Å². The van der Waals surface area contributed by atoms with Crippen molar-refractivity contribution in [1.82, 2.24) is 4.90 Å². The number of likely N-dealkylation sites (tertiary alicyclic amines) is 1.